The molecule has 10 heteroatoms. The molecule has 0 radical (unpaired) electrons. The molecule has 0 aliphatic rings. The first-order chi connectivity index (χ1) is 12.7. The first-order valence-electron chi connectivity index (χ1n) is 7.84. The Morgan fingerprint density at radius 1 is 1.11 bits per heavy atom. The number of amides is 1. The van der Waals surface area contributed by atoms with Gasteiger partial charge in [0.05, 0.1) is 19.1 Å². The van der Waals surface area contributed by atoms with Crippen LogP contribution in [0.15, 0.2) is 46.2 Å². The van der Waals surface area contributed by atoms with Crippen molar-refractivity contribution in [3.8, 4) is 11.5 Å². The van der Waals surface area contributed by atoms with Crippen molar-refractivity contribution >= 4 is 21.6 Å². The number of nitrogens with one attached hydrogen (secondary N) is 1. The van der Waals surface area contributed by atoms with Crippen LogP contribution in [-0.2, 0) is 21.4 Å². The summed E-state index contributed by atoms with van der Waals surface area (Å²) in [6.45, 7) is -0.343. The third-order valence-corrected chi connectivity index (χ3v) is 5.51. The summed E-state index contributed by atoms with van der Waals surface area (Å²) in [5.41, 5.74) is -0.0436. The maximum Gasteiger partial charge on any atom is 0.251 e. The van der Waals surface area contributed by atoms with E-state index in [9.17, 15) is 18.0 Å². The number of benzene rings is 1. The molecule has 1 aromatic heterocycles. The van der Waals surface area contributed by atoms with E-state index in [4.69, 9.17) is 9.47 Å². The van der Waals surface area contributed by atoms with Crippen LogP contribution in [0.1, 0.15) is 0 Å². The van der Waals surface area contributed by atoms with E-state index in [2.05, 4.69) is 5.32 Å². The summed E-state index contributed by atoms with van der Waals surface area (Å²) < 4.78 is 36.7. The molecule has 0 fully saturated rings. The van der Waals surface area contributed by atoms with Crippen LogP contribution >= 0.6 is 0 Å². The molecule has 1 amide bonds. The molecule has 0 bridgehead atoms. The van der Waals surface area contributed by atoms with E-state index in [1.165, 1.54) is 34.4 Å². The van der Waals surface area contributed by atoms with Crippen molar-refractivity contribution in [2.24, 2.45) is 0 Å². The Morgan fingerprint density at radius 2 is 1.78 bits per heavy atom. The molecule has 9 nitrogen and oxygen atoms in total. The summed E-state index contributed by atoms with van der Waals surface area (Å²) in [5, 5.41) is 2.63. The second kappa shape index (κ2) is 8.23. The molecule has 146 valence electrons. The lowest BCUT2D eigenvalue weighted by Gasteiger charge is -2.14. The Kier molecular flexibility index (Phi) is 6.24. The number of aromatic nitrogens is 1. The van der Waals surface area contributed by atoms with Crippen molar-refractivity contribution in [3.63, 3.8) is 0 Å². The second-order valence-corrected chi connectivity index (χ2v) is 7.89. The van der Waals surface area contributed by atoms with Crippen molar-refractivity contribution in [2.75, 3.05) is 33.6 Å². The summed E-state index contributed by atoms with van der Waals surface area (Å²) in [6.07, 6.45) is 1.14. The summed E-state index contributed by atoms with van der Waals surface area (Å²) in [6, 6.07) is 7.15. The van der Waals surface area contributed by atoms with Gasteiger partial charge in [-0.05, 0) is 18.2 Å². The highest BCUT2D eigenvalue weighted by Crippen LogP contribution is 2.29. The molecule has 2 aromatic rings. The normalized spacial score (nSPS) is 11.3. The van der Waals surface area contributed by atoms with E-state index < -0.39 is 21.5 Å². The molecular formula is C17H21N3O6S. The van der Waals surface area contributed by atoms with E-state index in [1.54, 1.807) is 18.2 Å². The first kappa shape index (κ1) is 20.5. The minimum atomic E-state index is -3.72. The van der Waals surface area contributed by atoms with Gasteiger partial charge in [0.25, 0.3) is 5.56 Å². The number of methoxy groups -OCH3 is 2. The molecular weight excluding hydrogens is 374 g/mol. The summed E-state index contributed by atoms with van der Waals surface area (Å²) in [7, 11) is 2.02. The molecule has 1 N–H and O–H groups in total. The van der Waals surface area contributed by atoms with Gasteiger partial charge in [-0.25, -0.2) is 12.7 Å². The number of hydrogen-bond donors (Lipinski definition) is 1. The zero-order chi connectivity index (χ0) is 20.2. The van der Waals surface area contributed by atoms with E-state index in [-0.39, 0.29) is 11.4 Å². The number of carbonyl (C=O) groups excluding carboxylic acids is 1. The molecule has 1 aromatic carbocycles. The number of sulfonamides is 1. The Labute approximate surface area is 157 Å². The Hall–Kier alpha value is -2.85. The zero-order valence-electron chi connectivity index (χ0n) is 15.4. The molecule has 0 aliphatic heterocycles. The average molecular weight is 395 g/mol. The quantitative estimate of drug-likeness (QED) is 0.742. The van der Waals surface area contributed by atoms with Gasteiger partial charge in [-0.1, -0.05) is 0 Å². The molecule has 2 rings (SSSR count). The smallest absolute Gasteiger partial charge is 0.251 e. The van der Waals surface area contributed by atoms with Crippen molar-refractivity contribution < 1.29 is 22.7 Å². The van der Waals surface area contributed by atoms with Crippen molar-refractivity contribution in [2.45, 2.75) is 11.4 Å². The van der Waals surface area contributed by atoms with E-state index in [0.717, 1.165) is 21.1 Å². The van der Waals surface area contributed by atoms with Gasteiger partial charge >= 0.3 is 0 Å². The Balaban J connectivity index is 2.22. The maximum atomic E-state index is 12.3. The molecule has 0 saturated heterocycles. The van der Waals surface area contributed by atoms with E-state index in [1.807, 2.05) is 0 Å². The predicted molar refractivity (Wildman–Crippen MR) is 99.8 cm³/mol. The lowest BCUT2D eigenvalue weighted by Crippen LogP contribution is -2.29. The fraction of sp³-hybridized carbons (Fsp3) is 0.294. The number of rotatable bonds is 7. The van der Waals surface area contributed by atoms with Gasteiger partial charge in [0.1, 0.15) is 6.54 Å². The Bertz CT molecular complexity index is 998. The van der Waals surface area contributed by atoms with Crippen LogP contribution in [0.25, 0.3) is 0 Å². The maximum absolute atomic E-state index is 12.3. The molecule has 27 heavy (non-hydrogen) atoms. The van der Waals surface area contributed by atoms with Gasteiger partial charge in [0.2, 0.25) is 15.9 Å². The van der Waals surface area contributed by atoms with Crippen LogP contribution in [0.2, 0.25) is 0 Å². The first-order valence-corrected chi connectivity index (χ1v) is 9.28. The monoisotopic (exact) mass is 395 g/mol. The lowest BCUT2D eigenvalue weighted by atomic mass is 10.2. The van der Waals surface area contributed by atoms with Crippen LogP contribution in [0.5, 0.6) is 11.5 Å². The molecule has 0 saturated carbocycles. The zero-order valence-corrected chi connectivity index (χ0v) is 16.2. The summed E-state index contributed by atoms with van der Waals surface area (Å²) in [5.74, 6) is 0.448. The lowest BCUT2D eigenvalue weighted by molar-refractivity contribution is -0.116. The molecule has 0 unspecified atom stereocenters. The Morgan fingerprint density at radius 3 is 2.37 bits per heavy atom. The fourth-order valence-corrected chi connectivity index (χ4v) is 3.19. The van der Waals surface area contributed by atoms with Crippen LogP contribution in [-0.4, -0.2) is 51.5 Å². The van der Waals surface area contributed by atoms with Crippen LogP contribution in [0.3, 0.4) is 0 Å². The predicted octanol–water partition coefficient (Wildman–Crippen LogP) is 0.754. The number of pyridine rings is 1. The van der Waals surface area contributed by atoms with Gasteiger partial charge in [0.15, 0.2) is 11.5 Å². The second-order valence-electron chi connectivity index (χ2n) is 5.74. The van der Waals surface area contributed by atoms with Crippen molar-refractivity contribution in [1.82, 2.24) is 8.87 Å². The minimum Gasteiger partial charge on any atom is -0.493 e. The van der Waals surface area contributed by atoms with Crippen LogP contribution < -0.4 is 20.3 Å². The average Bonchev–Trinajstić information content (AvgIpc) is 2.63. The van der Waals surface area contributed by atoms with Crippen LogP contribution in [0, 0.1) is 0 Å². The van der Waals surface area contributed by atoms with Gasteiger partial charge in [-0.2, -0.15) is 0 Å². The topological polar surface area (TPSA) is 107 Å². The summed E-state index contributed by atoms with van der Waals surface area (Å²) >= 11 is 0. The highest BCUT2D eigenvalue weighted by molar-refractivity contribution is 7.89. The number of anilines is 1. The van der Waals surface area contributed by atoms with Crippen molar-refractivity contribution in [1.29, 1.82) is 0 Å². The largest absolute Gasteiger partial charge is 0.493 e. The third-order valence-electron chi connectivity index (χ3n) is 3.72. The van der Waals surface area contributed by atoms with Crippen molar-refractivity contribution in [3.05, 3.63) is 46.9 Å². The number of nitrogens with zero attached hydrogens (tertiary/aromatic N) is 2. The summed E-state index contributed by atoms with van der Waals surface area (Å²) in [4.78, 5) is 24.2. The van der Waals surface area contributed by atoms with E-state index >= 15 is 0 Å². The number of carbonyl (C=O) groups is 1. The van der Waals surface area contributed by atoms with Gasteiger partial charge < -0.3 is 19.4 Å². The van der Waals surface area contributed by atoms with Gasteiger partial charge in [-0.3, -0.25) is 9.59 Å². The van der Waals surface area contributed by atoms with Gasteiger partial charge in [0, 0.05) is 38.1 Å². The van der Waals surface area contributed by atoms with E-state index in [0.29, 0.717) is 17.2 Å². The standard InChI is InChI=1S/C17H21N3O6S/c1-19(2)27(23,24)13-6-8-17(22)20(10-13)11-16(21)18-12-5-7-14(25-3)15(9-12)26-4/h5-10H,11H2,1-4H3,(H,18,21). The highest BCUT2D eigenvalue weighted by atomic mass is 32.2. The highest BCUT2D eigenvalue weighted by Gasteiger charge is 2.18. The molecule has 0 spiro atoms. The van der Waals surface area contributed by atoms with Crippen LogP contribution in [0.4, 0.5) is 5.69 Å². The number of hydrogen-bond acceptors (Lipinski definition) is 6. The minimum absolute atomic E-state index is 0.0778. The molecule has 1 heterocycles. The molecule has 0 aliphatic carbocycles. The molecule has 0 atom stereocenters. The fourth-order valence-electron chi connectivity index (χ4n) is 2.27. The van der Waals surface area contributed by atoms with Gasteiger partial charge in [-0.15, -0.1) is 0 Å². The number of ether oxygens (including phenoxy) is 2. The SMILES string of the molecule is COc1ccc(NC(=O)Cn2cc(S(=O)(=O)N(C)C)ccc2=O)cc1OC. The third kappa shape index (κ3) is 4.66.